The minimum atomic E-state index is -0.893. The molecule has 0 fully saturated rings. The molecule has 2 heterocycles. The standard InChI is InChI=1S/C13H18ClN3O/c1-3-5-7-13(18,4-2)17-8-6-10-11(14)15-9-16-12(10)17/h6,8-9,18H,3-5,7H2,1-2H3/t13-/m0/s1. The first-order valence-corrected chi connectivity index (χ1v) is 6.70. The maximum Gasteiger partial charge on any atom is 0.147 e. The Bertz CT molecular complexity index is 540. The number of halogens is 1. The third-order valence-corrected chi connectivity index (χ3v) is 3.68. The van der Waals surface area contributed by atoms with Crippen LogP contribution >= 0.6 is 11.6 Å². The molecule has 0 radical (unpaired) electrons. The largest absolute Gasteiger partial charge is 0.370 e. The van der Waals surface area contributed by atoms with E-state index >= 15 is 0 Å². The van der Waals surface area contributed by atoms with Gasteiger partial charge in [-0.25, -0.2) is 9.97 Å². The van der Waals surface area contributed by atoms with Gasteiger partial charge in [-0.05, 0) is 25.3 Å². The lowest BCUT2D eigenvalue weighted by Crippen LogP contribution is -2.32. The van der Waals surface area contributed by atoms with Crippen molar-refractivity contribution in [3.8, 4) is 0 Å². The van der Waals surface area contributed by atoms with Crippen molar-refractivity contribution in [3.63, 3.8) is 0 Å². The van der Waals surface area contributed by atoms with Crippen LogP contribution in [0.25, 0.3) is 11.0 Å². The van der Waals surface area contributed by atoms with Crippen LogP contribution in [0.5, 0.6) is 0 Å². The summed E-state index contributed by atoms with van der Waals surface area (Å²) < 4.78 is 1.81. The highest BCUT2D eigenvalue weighted by Crippen LogP contribution is 2.30. The second-order valence-corrected chi connectivity index (χ2v) is 4.89. The fraction of sp³-hybridized carbons (Fsp3) is 0.538. The normalized spacial score (nSPS) is 14.9. The minimum absolute atomic E-state index is 0.424. The van der Waals surface area contributed by atoms with Crippen LogP contribution < -0.4 is 0 Å². The minimum Gasteiger partial charge on any atom is -0.370 e. The number of nitrogens with zero attached hydrogens (tertiary/aromatic N) is 3. The summed E-state index contributed by atoms with van der Waals surface area (Å²) in [6.07, 6.45) is 6.64. The van der Waals surface area contributed by atoms with Crippen LogP contribution in [-0.2, 0) is 5.72 Å². The molecule has 0 aromatic carbocycles. The molecule has 0 saturated heterocycles. The number of unbranched alkanes of at least 4 members (excludes halogenated alkanes) is 1. The van der Waals surface area contributed by atoms with Crippen molar-refractivity contribution in [2.45, 2.75) is 45.3 Å². The second kappa shape index (κ2) is 5.24. The van der Waals surface area contributed by atoms with E-state index in [0.717, 1.165) is 18.2 Å². The fourth-order valence-electron chi connectivity index (χ4n) is 2.18. The molecule has 0 bridgehead atoms. The smallest absolute Gasteiger partial charge is 0.147 e. The fourth-order valence-corrected chi connectivity index (χ4v) is 2.38. The molecule has 5 heteroatoms. The molecule has 0 saturated carbocycles. The number of hydrogen-bond acceptors (Lipinski definition) is 3. The Morgan fingerprint density at radius 2 is 2.17 bits per heavy atom. The van der Waals surface area contributed by atoms with Gasteiger partial charge in [-0.2, -0.15) is 0 Å². The lowest BCUT2D eigenvalue weighted by atomic mass is 10.0. The van der Waals surface area contributed by atoms with E-state index in [9.17, 15) is 5.11 Å². The highest BCUT2D eigenvalue weighted by molar-refractivity contribution is 6.33. The van der Waals surface area contributed by atoms with Crippen LogP contribution in [0.3, 0.4) is 0 Å². The molecular weight excluding hydrogens is 250 g/mol. The van der Waals surface area contributed by atoms with Crippen molar-refractivity contribution in [2.24, 2.45) is 0 Å². The summed E-state index contributed by atoms with van der Waals surface area (Å²) in [5, 5.41) is 12.0. The zero-order valence-electron chi connectivity index (χ0n) is 10.7. The van der Waals surface area contributed by atoms with E-state index in [-0.39, 0.29) is 0 Å². The third-order valence-electron chi connectivity index (χ3n) is 3.38. The van der Waals surface area contributed by atoms with Gasteiger partial charge < -0.3 is 9.67 Å². The average Bonchev–Trinajstić information content (AvgIpc) is 2.82. The lowest BCUT2D eigenvalue weighted by Gasteiger charge is -2.29. The molecule has 0 aliphatic rings. The molecule has 0 amide bonds. The van der Waals surface area contributed by atoms with Crippen molar-refractivity contribution in [1.82, 2.24) is 14.5 Å². The Labute approximate surface area is 112 Å². The van der Waals surface area contributed by atoms with E-state index in [1.807, 2.05) is 23.8 Å². The van der Waals surface area contributed by atoms with Gasteiger partial charge in [-0.3, -0.25) is 0 Å². The number of aliphatic hydroxyl groups is 1. The Hall–Kier alpha value is -1.13. The molecule has 98 valence electrons. The Kier molecular flexibility index (Phi) is 3.88. The van der Waals surface area contributed by atoms with Gasteiger partial charge in [0.15, 0.2) is 0 Å². The predicted octanol–water partition coefficient (Wildman–Crippen LogP) is 3.33. The lowest BCUT2D eigenvalue weighted by molar-refractivity contribution is -0.0475. The highest BCUT2D eigenvalue weighted by Gasteiger charge is 2.28. The van der Waals surface area contributed by atoms with E-state index in [0.29, 0.717) is 23.6 Å². The first-order valence-electron chi connectivity index (χ1n) is 6.32. The molecule has 2 aromatic rings. The van der Waals surface area contributed by atoms with Crippen molar-refractivity contribution >= 4 is 22.6 Å². The molecule has 1 N–H and O–H groups in total. The molecule has 4 nitrogen and oxygen atoms in total. The van der Waals surface area contributed by atoms with Crippen molar-refractivity contribution in [2.75, 3.05) is 0 Å². The van der Waals surface area contributed by atoms with E-state index < -0.39 is 5.72 Å². The zero-order valence-corrected chi connectivity index (χ0v) is 11.5. The maximum atomic E-state index is 10.8. The summed E-state index contributed by atoms with van der Waals surface area (Å²) in [5.41, 5.74) is -0.203. The third kappa shape index (κ3) is 2.22. The first kappa shape index (κ1) is 13.3. The Morgan fingerprint density at radius 3 is 2.83 bits per heavy atom. The van der Waals surface area contributed by atoms with E-state index in [1.54, 1.807) is 0 Å². The number of rotatable bonds is 5. The molecule has 1 atom stereocenters. The van der Waals surface area contributed by atoms with Crippen LogP contribution in [0, 0.1) is 0 Å². The van der Waals surface area contributed by atoms with E-state index in [4.69, 9.17) is 11.6 Å². The Balaban J connectivity index is 2.48. The summed E-state index contributed by atoms with van der Waals surface area (Å²) in [4.78, 5) is 8.18. The molecule has 2 rings (SSSR count). The predicted molar refractivity (Wildman–Crippen MR) is 72.5 cm³/mol. The number of hydrogen-bond donors (Lipinski definition) is 1. The quantitative estimate of drug-likeness (QED) is 0.846. The van der Waals surface area contributed by atoms with Gasteiger partial charge in [0.1, 0.15) is 22.9 Å². The van der Waals surface area contributed by atoms with Crippen molar-refractivity contribution in [3.05, 3.63) is 23.7 Å². The van der Waals surface area contributed by atoms with E-state index in [1.165, 1.54) is 6.33 Å². The van der Waals surface area contributed by atoms with Crippen molar-refractivity contribution < 1.29 is 5.11 Å². The molecule has 0 unspecified atom stereocenters. The zero-order chi connectivity index (χ0) is 13.2. The first-order chi connectivity index (χ1) is 8.62. The van der Waals surface area contributed by atoms with Gasteiger partial charge >= 0.3 is 0 Å². The molecule has 0 aliphatic carbocycles. The van der Waals surface area contributed by atoms with Gasteiger partial charge in [0.25, 0.3) is 0 Å². The monoisotopic (exact) mass is 267 g/mol. The molecule has 0 aliphatic heterocycles. The van der Waals surface area contributed by atoms with Crippen LogP contribution in [0.2, 0.25) is 5.15 Å². The van der Waals surface area contributed by atoms with Crippen molar-refractivity contribution in [1.29, 1.82) is 0 Å². The summed E-state index contributed by atoms with van der Waals surface area (Å²) in [6.45, 7) is 4.09. The topological polar surface area (TPSA) is 50.9 Å². The maximum absolute atomic E-state index is 10.8. The number of fused-ring (bicyclic) bond motifs is 1. The van der Waals surface area contributed by atoms with Crippen LogP contribution in [0.15, 0.2) is 18.6 Å². The van der Waals surface area contributed by atoms with Crippen LogP contribution in [0.4, 0.5) is 0 Å². The highest BCUT2D eigenvalue weighted by atomic mass is 35.5. The SMILES string of the molecule is CCCC[C@@](O)(CC)n1ccc2c(Cl)ncnc21. The molecular formula is C13H18ClN3O. The van der Waals surface area contributed by atoms with Gasteiger partial charge in [0, 0.05) is 6.20 Å². The molecule has 18 heavy (non-hydrogen) atoms. The van der Waals surface area contributed by atoms with Gasteiger partial charge in [0.05, 0.1) is 5.39 Å². The van der Waals surface area contributed by atoms with Gasteiger partial charge in [-0.1, -0.05) is 31.9 Å². The average molecular weight is 268 g/mol. The summed E-state index contributed by atoms with van der Waals surface area (Å²) in [7, 11) is 0. The summed E-state index contributed by atoms with van der Waals surface area (Å²) in [6, 6.07) is 1.85. The summed E-state index contributed by atoms with van der Waals surface area (Å²) in [5.74, 6) is 0. The van der Waals surface area contributed by atoms with Gasteiger partial charge in [-0.15, -0.1) is 0 Å². The van der Waals surface area contributed by atoms with Crippen LogP contribution in [0.1, 0.15) is 39.5 Å². The van der Waals surface area contributed by atoms with Gasteiger partial charge in [0.2, 0.25) is 0 Å². The Morgan fingerprint density at radius 1 is 1.39 bits per heavy atom. The summed E-state index contributed by atoms with van der Waals surface area (Å²) >= 11 is 6.02. The van der Waals surface area contributed by atoms with E-state index in [2.05, 4.69) is 16.9 Å². The number of aromatic nitrogens is 3. The molecule has 0 spiro atoms. The molecule has 2 aromatic heterocycles. The second-order valence-electron chi connectivity index (χ2n) is 4.53. The van der Waals surface area contributed by atoms with Crippen LogP contribution in [-0.4, -0.2) is 19.6 Å².